The molecule has 1 aromatic heterocycles. The molecular weight excluding hydrogens is 460 g/mol. The number of ether oxygens (including phenoxy) is 1. The number of nitrogens with one attached hydrogen (secondary N) is 1. The molecule has 3 aromatic rings. The molecule has 0 saturated heterocycles. The minimum atomic E-state index is -0.662. The van der Waals surface area contributed by atoms with E-state index in [0.29, 0.717) is 23.1 Å². The predicted octanol–water partition coefficient (Wildman–Crippen LogP) is 4.89. The molecule has 0 fully saturated rings. The number of nitrogens with zero attached hydrogens (tertiary/aromatic N) is 3. The standard InChI is InChI=1S/C27H32N4O3S/c1-18(2)25(26(33)30-22-11-13-23(34-5)14-12-22)31(16-21-9-7-6-8-10-21)24(32)17-35-27-28-19(3)15-20(4)29-27/h6-15,18,25H,16-17H2,1-5H3,(H,30,33)/t25-/m0/s1. The van der Waals surface area contributed by atoms with Gasteiger partial charge in [0.2, 0.25) is 11.8 Å². The van der Waals surface area contributed by atoms with E-state index in [9.17, 15) is 9.59 Å². The molecule has 1 atom stereocenters. The molecular formula is C27H32N4O3S. The molecule has 2 amide bonds. The number of hydrogen-bond donors (Lipinski definition) is 1. The van der Waals surface area contributed by atoms with Crippen LogP contribution >= 0.6 is 11.8 Å². The highest BCUT2D eigenvalue weighted by Crippen LogP contribution is 2.22. The Morgan fingerprint density at radius 3 is 2.20 bits per heavy atom. The molecule has 35 heavy (non-hydrogen) atoms. The van der Waals surface area contributed by atoms with E-state index >= 15 is 0 Å². The van der Waals surface area contributed by atoms with E-state index in [2.05, 4.69) is 15.3 Å². The SMILES string of the molecule is COc1ccc(NC(=O)[C@H](C(C)C)N(Cc2ccccc2)C(=O)CSc2nc(C)cc(C)n2)cc1. The van der Waals surface area contributed by atoms with Crippen molar-refractivity contribution in [1.82, 2.24) is 14.9 Å². The highest BCUT2D eigenvalue weighted by Gasteiger charge is 2.32. The van der Waals surface area contributed by atoms with Crippen LogP contribution < -0.4 is 10.1 Å². The Balaban J connectivity index is 1.83. The molecule has 0 saturated carbocycles. The maximum absolute atomic E-state index is 13.5. The molecule has 7 nitrogen and oxygen atoms in total. The lowest BCUT2D eigenvalue weighted by Crippen LogP contribution is -2.50. The van der Waals surface area contributed by atoms with Crippen molar-refractivity contribution in [3.63, 3.8) is 0 Å². The third-order valence-corrected chi connectivity index (χ3v) is 6.23. The summed E-state index contributed by atoms with van der Waals surface area (Å²) in [6, 6.07) is 18.1. The van der Waals surface area contributed by atoms with Gasteiger partial charge in [-0.15, -0.1) is 0 Å². The van der Waals surface area contributed by atoms with Crippen molar-refractivity contribution < 1.29 is 14.3 Å². The van der Waals surface area contributed by atoms with Gasteiger partial charge in [-0.2, -0.15) is 0 Å². The molecule has 1 heterocycles. The Labute approximate surface area is 211 Å². The Bertz CT molecular complexity index is 1120. The topological polar surface area (TPSA) is 84.4 Å². The first-order chi connectivity index (χ1) is 16.8. The van der Waals surface area contributed by atoms with Crippen LogP contribution in [0.1, 0.15) is 30.8 Å². The second-order valence-electron chi connectivity index (χ2n) is 8.64. The summed E-state index contributed by atoms with van der Waals surface area (Å²) in [5.74, 6) is 0.347. The van der Waals surface area contributed by atoms with Crippen LogP contribution in [0.5, 0.6) is 5.75 Å². The molecule has 2 aromatic carbocycles. The molecule has 0 aliphatic rings. The van der Waals surface area contributed by atoms with E-state index in [1.54, 1.807) is 36.3 Å². The summed E-state index contributed by atoms with van der Waals surface area (Å²) in [4.78, 5) is 37.5. The van der Waals surface area contributed by atoms with Gasteiger partial charge in [0, 0.05) is 23.6 Å². The maximum Gasteiger partial charge on any atom is 0.247 e. The summed E-state index contributed by atoms with van der Waals surface area (Å²) >= 11 is 1.29. The number of methoxy groups -OCH3 is 1. The quantitative estimate of drug-likeness (QED) is 0.321. The van der Waals surface area contributed by atoms with Crippen molar-refractivity contribution in [3.05, 3.63) is 77.6 Å². The van der Waals surface area contributed by atoms with E-state index in [-0.39, 0.29) is 23.5 Å². The van der Waals surface area contributed by atoms with Crippen LogP contribution in [0.25, 0.3) is 0 Å². The number of thioether (sulfide) groups is 1. The second kappa shape index (κ2) is 12.4. The van der Waals surface area contributed by atoms with Crippen molar-refractivity contribution in [2.24, 2.45) is 5.92 Å². The number of hydrogen-bond acceptors (Lipinski definition) is 6. The van der Waals surface area contributed by atoms with Gasteiger partial charge in [-0.3, -0.25) is 9.59 Å². The van der Waals surface area contributed by atoms with Crippen molar-refractivity contribution in [2.45, 2.75) is 45.4 Å². The van der Waals surface area contributed by atoms with Crippen molar-refractivity contribution >= 4 is 29.3 Å². The molecule has 0 radical (unpaired) electrons. The average Bonchev–Trinajstić information content (AvgIpc) is 2.82. The monoisotopic (exact) mass is 492 g/mol. The van der Waals surface area contributed by atoms with Crippen molar-refractivity contribution in [1.29, 1.82) is 0 Å². The van der Waals surface area contributed by atoms with Gasteiger partial charge in [-0.05, 0) is 55.7 Å². The Hall–Kier alpha value is -3.39. The first-order valence-electron chi connectivity index (χ1n) is 11.5. The molecule has 184 valence electrons. The lowest BCUT2D eigenvalue weighted by molar-refractivity contribution is -0.138. The van der Waals surface area contributed by atoms with E-state index in [1.165, 1.54) is 11.8 Å². The second-order valence-corrected chi connectivity index (χ2v) is 9.58. The lowest BCUT2D eigenvalue weighted by atomic mass is 10.00. The van der Waals surface area contributed by atoms with Gasteiger partial charge in [0.15, 0.2) is 5.16 Å². The largest absolute Gasteiger partial charge is 0.497 e. The number of amides is 2. The molecule has 8 heteroatoms. The molecule has 0 spiro atoms. The van der Waals surface area contributed by atoms with E-state index in [1.807, 2.05) is 64.1 Å². The van der Waals surface area contributed by atoms with Gasteiger partial charge < -0.3 is 15.0 Å². The zero-order valence-corrected chi connectivity index (χ0v) is 21.6. The Morgan fingerprint density at radius 1 is 1.00 bits per heavy atom. The highest BCUT2D eigenvalue weighted by atomic mass is 32.2. The van der Waals surface area contributed by atoms with E-state index in [4.69, 9.17) is 4.74 Å². The highest BCUT2D eigenvalue weighted by molar-refractivity contribution is 7.99. The van der Waals surface area contributed by atoms with Crippen molar-refractivity contribution in [2.75, 3.05) is 18.2 Å². The summed E-state index contributed by atoms with van der Waals surface area (Å²) in [6.07, 6.45) is 0. The van der Waals surface area contributed by atoms with Crippen molar-refractivity contribution in [3.8, 4) is 5.75 Å². The number of anilines is 1. The van der Waals surface area contributed by atoms with Gasteiger partial charge in [0.05, 0.1) is 12.9 Å². The molecule has 0 aliphatic heterocycles. The molecule has 3 rings (SSSR count). The average molecular weight is 493 g/mol. The maximum atomic E-state index is 13.5. The van der Waals surface area contributed by atoms with Gasteiger partial charge in [-0.1, -0.05) is 55.9 Å². The molecule has 0 aliphatic carbocycles. The third-order valence-electron chi connectivity index (χ3n) is 5.40. The van der Waals surface area contributed by atoms with Gasteiger partial charge in [0.25, 0.3) is 0 Å². The molecule has 0 bridgehead atoms. The number of aryl methyl sites for hydroxylation is 2. The summed E-state index contributed by atoms with van der Waals surface area (Å²) in [5.41, 5.74) is 3.31. The summed E-state index contributed by atoms with van der Waals surface area (Å²) in [7, 11) is 1.59. The zero-order valence-electron chi connectivity index (χ0n) is 20.8. The number of carbonyl (C=O) groups excluding carboxylic acids is 2. The Morgan fingerprint density at radius 2 is 1.63 bits per heavy atom. The van der Waals surface area contributed by atoms with Gasteiger partial charge >= 0.3 is 0 Å². The van der Waals surface area contributed by atoms with Crippen LogP contribution in [0.3, 0.4) is 0 Å². The van der Waals surface area contributed by atoms with Crippen LogP contribution in [0, 0.1) is 19.8 Å². The van der Waals surface area contributed by atoms with E-state index < -0.39 is 6.04 Å². The van der Waals surface area contributed by atoms with Gasteiger partial charge in [0.1, 0.15) is 11.8 Å². The summed E-state index contributed by atoms with van der Waals surface area (Å²) in [5, 5.41) is 3.52. The fourth-order valence-electron chi connectivity index (χ4n) is 3.78. The predicted molar refractivity (Wildman–Crippen MR) is 139 cm³/mol. The Kier molecular flexibility index (Phi) is 9.25. The van der Waals surface area contributed by atoms with Crippen LogP contribution in [-0.4, -0.2) is 45.6 Å². The number of rotatable bonds is 10. The molecule has 1 N–H and O–H groups in total. The molecule has 0 unspecified atom stereocenters. The smallest absolute Gasteiger partial charge is 0.247 e. The van der Waals surface area contributed by atoms with Crippen LogP contribution in [0.2, 0.25) is 0 Å². The normalized spacial score (nSPS) is 11.7. The third kappa shape index (κ3) is 7.55. The zero-order chi connectivity index (χ0) is 25.4. The first-order valence-corrected chi connectivity index (χ1v) is 12.5. The van der Waals surface area contributed by atoms with E-state index in [0.717, 1.165) is 17.0 Å². The van der Waals surface area contributed by atoms with Crippen LogP contribution in [-0.2, 0) is 16.1 Å². The minimum absolute atomic E-state index is 0.108. The fourth-order valence-corrected chi connectivity index (χ4v) is 4.62. The summed E-state index contributed by atoms with van der Waals surface area (Å²) < 4.78 is 5.20. The first kappa shape index (κ1) is 26.2. The fraction of sp³-hybridized carbons (Fsp3) is 0.333. The lowest BCUT2D eigenvalue weighted by Gasteiger charge is -2.33. The summed E-state index contributed by atoms with van der Waals surface area (Å²) in [6.45, 7) is 8.03. The minimum Gasteiger partial charge on any atom is -0.497 e. The number of aromatic nitrogens is 2. The van der Waals surface area contributed by atoms with Crippen LogP contribution in [0.4, 0.5) is 5.69 Å². The number of carbonyl (C=O) groups is 2. The van der Waals surface area contributed by atoms with Crippen LogP contribution in [0.15, 0.2) is 65.8 Å². The van der Waals surface area contributed by atoms with Gasteiger partial charge in [-0.25, -0.2) is 9.97 Å². The number of benzene rings is 2.